The van der Waals surface area contributed by atoms with Crippen molar-refractivity contribution < 1.29 is 4.79 Å². The molecule has 1 fully saturated rings. The molecule has 5 nitrogen and oxygen atoms in total. The van der Waals surface area contributed by atoms with Gasteiger partial charge in [-0.1, -0.05) is 20.3 Å². The van der Waals surface area contributed by atoms with E-state index in [2.05, 4.69) is 22.2 Å². The lowest BCUT2D eigenvalue weighted by molar-refractivity contribution is -0.131. The quantitative estimate of drug-likeness (QED) is 0.896. The number of hydrogen-bond acceptors (Lipinski definition) is 4. The number of carbonyl (C=O) groups is 1. The Balaban J connectivity index is 1.81. The first kappa shape index (κ1) is 14.8. The first-order valence-corrected chi connectivity index (χ1v) is 7.58. The zero-order valence-electron chi connectivity index (χ0n) is 12.4. The summed E-state index contributed by atoms with van der Waals surface area (Å²) in [6.07, 6.45) is 8.46. The Morgan fingerprint density at radius 1 is 1.30 bits per heavy atom. The molecule has 0 saturated carbocycles. The van der Waals surface area contributed by atoms with E-state index in [1.807, 2.05) is 24.2 Å². The molecule has 5 heteroatoms. The van der Waals surface area contributed by atoms with Crippen LogP contribution in [-0.2, 0) is 11.2 Å². The van der Waals surface area contributed by atoms with E-state index in [9.17, 15) is 4.79 Å². The maximum absolute atomic E-state index is 11.6. The molecule has 0 aliphatic carbocycles. The molecule has 1 N–H and O–H groups in total. The van der Waals surface area contributed by atoms with Gasteiger partial charge in [0.25, 0.3) is 0 Å². The summed E-state index contributed by atoms with van der Waals surface area (Å²) in [5.74, 6) is 0.953. The smallest absolute Gasteiger partial charge is 0.222 e. The molecule has 2 rings (SSSR count). The minimum Gasteiger partial charge on any atom is -0.351 e. The molecule has 2 heterocycles. The number of aryl methyl sites for hydroxylation is 1. The molecule has 0 aromatic carbocycles. The predicted octanol–water partition coefficient (Wildman–Crippen LogP) is 2.24. The van der Waals surface area contributed by atoms with Gasteiger partial charge in [0.1, 0.15) is 0 Å². The van der Waals surface area contributed by atoms with Crippen molar-refractivity contribution >= 4 is 11.9 Å². The van der Waals surface area contributed by atoms with Gasteiger partial charge in [-0.25, -0.2) is 9.97 Å². The number of likely N-dealkylation sites (tertiary alicyclic amines) is 1. The van der Waals surface area contributed by atoms with Gasteiger partial charge in [0, 0.05) is 37.9 Å². The van der Waals surface area contributed by atoms with Crippen LogP contribution < -0.4 is 5.32 Å². The summed E-state index contributed by atoms with van der Waals surface area (Å²) in [7, 11) is 0. The number of nitrogens with zero attached hydrogens (tertiary/aromatic N) is 3. The van der Waals surface area contributed by atoms with Crippen LogP contribution in [0.2, 0.25) is 0 Å². The van der Waals surface area contributed by atoms with Gasteiger partial charge in [-0.3, -0.25) is 4.79 Å². The second kappa shape index (κ2) is 7.22. The summed E-state index contributed by atoms with van der Waals surface area (Å²) < 4.78 is 0. The highest BCUT2D eigenvalue weighted by molar-refractivity contribution is 5.75. The molecule has 0 radical (unpaired) electrons. The third kappa shape index (κ3) is 3.92. The van der Waals surface area contributed by atoms with Crippen molar-refractivity contribution in [3.8, 4) is 0 Å². The van der Waals surface area contributed by atoms with Gasteiger partial charge in [0.15, 0.2) is 0 Å². The summed E-state index contributed by atoms with van der Waals surface area (Å²) in [5.41, 5.74) is 1.18. The van der Waals surface area contributed by atoms with Crippen LogP contribution in [0.1, 0.15) is 45.1 Å². The zero-order valence-corrected chi connectivity index (χ0v) is 12.4. The minimum absolute atomic E-state index is 0.253. The highest BCUT2D eigenvalue weighted by Gasteiger charge is 2.21. The van der Waals surface area contributed by atoms with E-state index in [4.69, 9.17) is 0 Å². The van der Waals surface area contributed by atoms with Crippen LogP contribution >= 0.6 is 0 Å². The summed E-state index contributed by atoms with van der Waals surface area (Å²) in [6, 6.07) is 0.368. The Morgan fingerprint density at radius 2 is 1.95 bits per heavy atom. The van der Waals surface area contributed by atoms with E-state index >= 15 is 0 Å². The number of hydrogen-bond donors (Lipinski definition) is 1. The highest BCUT2D eigenvalue weighted by atomic mass is 16.2. The predicted molar refractivity (Wildman–Crippen MR) is 79.5 cm³/mol. The average Bonchev–Trinajstić information content (AvgIpc) is 2.49. The second-order valence-corrected chi connectivity index (χ2v) is 5.32. The van der Waals surface area contributed by atoms with Crippen LogP contribution in [0.15, 0.2) is 12.4 Å². The zero-order chi connectivity index (χ0) is 14.4. The normalized spacial score (nSPS) is 16.2. The molecule has 0 atom stereocenters. The lowest BCUT2D eigenvalue weighted by Crippen LogP contribution is -2.42. The molecule has 110 valence electrons. The van der Waals surface area contributed by atoms with Gasteiger partial charge in [0.2, 0.25) is 11.9 Å². The molecule has 1 aliphatic heterocycles. The first-order valence-electron chi connectivity index (χ1n) is 7.58. The number of anilines is 1. The standard InChI is InChI=1S/C15H24N4O/c1-3-5-12-10-16-15(17-11-12)18-13-6-8-19(9-7-13)14(20)4-2/h10-11,13H,3-9H2,1-2H3,(H,16,17,18). The highest BCUT2D eigenvalue weighted by Crippen LogP contribution is 2.15. The van der Waals surface area contributed by atoms with Crippen LogP contribution in [0.4, 0.5) is 5.95 Å². The molecular weight excluding hydrogens is 252 g/mol. The van der Waals surface area contributed by atoms with Crippen molar-refractivity contribution in [3.63, 3.8) is 0 Å². The molecule has 1 amide bonds. The first-order chi connectivity index (χ1) is 9.72. The van der Waals surface area contributed by atoms with E-state index in [0.29, 0.717) is 18.4 Å². The van der Waals surface area contributed by atoms with Gasteiger partial charge in [0.05, 0.1) is 0 Å². The maximum Gasteiger partial charge on any atom is 0.222 e. The van der Waals surface area contributed by atoms with Crippen molar-refractivity contribution in [3.05, 3.63) is 18.0 Å². The fourth-order valence-corrected chi connectivity index (χ4v) is 2.53. The van der Waals surface area contributed by atoms with Crippen LogP contribution in [0, 0.1) is 0 Å². The van der Waals surface area contributed by atoms with Crippen molar-refractivity contribution in [1.82, 2.24) is 14.9 Å². The van der Waals surface area contributed by atoms with Crippen LogP contribution in [0.3, 0.4) is 0 Å². The number of nitrogens with one attached hydrogen (secondary N) is 1. The monoisotopic (exact) mass is 276 g/mol. The van der Waals surface area contributed by atoms with Crippen molar-refractivity contribution in [2.24, 2.45) is 0 Å². The van der Waals surface area contributed by atoms with Gasteiger partial charge >= 0.3 is 0 Å². The van der Waals surface area contributed by atoms with Crippen LogP contribution in [0.25, 0.3) is 0 Å². The molecule has 1 aromatic heterocycles. The number of carbonyl (C=O) groups excluding carboxylic acids is 1. The van der Waals surface area contributed by atoms with E-state index < -0.39 is 0 Å². The number of amides is 1. The SMILES string of the molecule is CCCc1cnc(NC2CCN(C(=O)CC)CC2)nc1. The third-order valence-corrected chi connectivity index (χ3v) is 3.73. The van der Waals surface area contributed by atoms with Gasteiger partial charge in [-0.05, 0) is 24.8 Å². The molecule has 0 spiro atoms. The Hall–Kier alpha value is -1.65. The Labute approximate surface area is 120 Å². The molecule has 1 saturated heterocycles. The third-order valence-electron chi connectivity index (χ3n) is 3.73. The molecule has 0 bridgehead atoms. The average molecular weight is 276 g/mol. The second-order valence-electron chi connectivity index (χ2n) is 5.32. The maximum atomic E-state index is 11.6. The van der Waals surface area contributed by atoms with Crippen molar-refractivity contribution in [2.45, 2.75) is 52.0 Å². The topological polar surface area (TPSA) is 58.1 Å². The van der Waals surface area contributed by atoms with Gasteiger partial charge in [-0.2, -0.15) is 0 Å². The van der Waals surface area contributed by atoms with E-state index in [1.165, 1.54) is 5.56 Å². The Bertz CT molecular complexity index is 424. The summed E-state index contributed by atoms with van der Waals surface area (Å²) in [4.78, 5) is 22.3. The molecular formula is C15H24N4O. The fraction of sp³-hybridized carbons (Fsp3) is 0.667. The summed E-state index contributed by atoms with van der Waals surface area (Å²) in [5, 5.41) is 3.37. The minimum atomic E-state index is 0.253. The lowest BCUT2D eigenvalue weighted by atomic mass is 10.0. The molecule has 1 aliphatic rings. The number of rotatable bonds is 5. The lowest BCUT2D eigenvalue weighted by Gasteiger charge is -2.32. The van der Waals surface area contributed by atoms with E-state index in [-0.39, 0.29) is 5.91 Å². The van der Waals surface area contributed by atoms with Crippen LogP contribution in [-0.4, -0.2) is 39.9 Å². The Morgan fingerprint density at radius 3 is 2.50 bits per heavy atom. The fourth-order valence-electron chi connectivity index (χ4n) is 2.53. The van der Waals surface area contributed by atoms with Crippen molar-refractivity contribution in [1.29, 1.82) is 0 Å². The van der Waals surface area contributed by atoms with Gasteiger partial charge < -0.3 is 10.2 Å². The van der Waals surface area contributed by atoms with Crippen LogP contribution in [0.5, 0.6) is 0 Å². The summed E-state index contributed by atoms with van der Waals surface area (Å²) in [6.45, 7) is 5.73. The van der Waals surface area contributed by atoms with E-state index in [1.54, 1.807) is 0 Å². The Kier molecular flexibility index (Phi) is 5.32. The molecule has 20 heavy (non-hydrogen) atoms. The van der Waals surface area contributed by atoms with E-state index in [0.717, 1.165) is 38.8 Å². The molecule has 0 unspecified atom stereocenters. The number of piperidine rings is 1. The number of aromatic nitrogens is 2. The largest absolute Gasteiger partial charge is 0.351 e. The van der Waals surface area contributed by atoms with Crippen molar-refractivity contribution in [2.75, 3.05) is 18.4 Å². The van der Waals surface area contributed by atoms with Gasteiger partial charge in [-0.15, -0.1) is 0 Å². The molecule has 1 aromatic rings. The summed E-state index contributed by atoms with van der Waals surface area (Å²) >= 11 is 0.